The van der Waals surface area contributed by atoms with E-state index >= 15 is 0 Å². The van der Waals surface area contributed by atoms with Crippen LogP contribution in [0.25, 0.3) is 0 Å². The van der Waals surface area contributed by atoms with Gasteiger partial charge in [-0.15, -0.1) is 0 Å². The smallest absolute Gasteiger partial charge is 0.264 e. The van der Waals surface area contributed by atoms with Crippen molar-refractivity contribution in [2.45, 2.75) is 4.90 Å². The molecular weight excluding hydrogens is 322 g/mol. The van der Waals surface area contributed by atoms with Crippen LogP contribution in [-0.4, -0.2) is 48.5 Å². The lowest BCUT2D eigenvalue weighted by Crippen LogP contribution is -2.43. The fourth-order valence-corrected chi connectivity index (χ4v) is 3.48. The van der Waals surface area contributed by atoms with Crippen molar-refractivity contribution in [3.63, 3.8) is 0 Å². The van der Waals surface area contributed by atoms with Gasteiger partial charge in [0, 0.05) is 26.2 Å². The molecule has 3 rings (SSSR count). The van der Waals surface area contributed by atoms with E-state index in [4.69, 9.17) is 14.2 Å². The lowest BCUT2D eigenvalue weighted by atomic mass is 10.2. The monoisotopic (exact) mass is 341 g/mol. The van der Waals surface area contributed by atoms with E-state index in [2.05, 4.69) is 14.9 Å². The Hall–Kier alpha value is -2.13. The van der Waals surface area contributed by atoms with Crippen LogP contribution in [0.1, 0.15) is 0 Å². The third-order valence-corrected chi connectivity index (χ3v) is 4.97. The number of nitrogens with zero attached hydrogens (tertiary/aromatic N) is 1. The van der Waals surface area contributed by atoms with Gasteiger partial charge in [0.25, 0.3) is 10.0 Å². The average molecular weight is 341 g/mol. The molecule has 0 spiro atoms. The van der Waals surface area contributed by atoms with Gasteiger partial charge in [0.05, 0.1) is 17.7 Å². The molecule has 8 nitrogen and oxygen atoms in total. The van der Waals surface area contributed by atoms with E-state index in [1.54, 1.807) is 19.2 Å². The van der Waals surface area contributed by atoms with E-state index in [1.807, 2.05) is 0 Å². The highest BCUT2D eigenvalue weighted by atomic mass is 32.2. The van der Waals surface area contributed by atoms with Gasteiger partial charge < -0.3 is 24.4 Å². The summed E-state index contributed by atoms with van der Waals surface area (Å²) in [6.45, 7) is 3.27. The number of rotatable bonds is 5. The summed E-state index contributed by atoms with van der Waals surface area (Å²) >= 11 is 0. The van der Waals surface area contributed by atoms with Gasteiger partial charge in [-0.1, -0.05) is 0 Å². The van der Waals surface area contributed by atoms with Crippen LogP contribution < -0.4 is 19.7 Å². The number of hydrogen-bond acceptors (Lipinski definition) is 7. The summed E-state index contributed by atoms with van der Waals surface area (Å²) in [5.41, 5.74) is 0.759. The normalized spacial score (nSPS) is 18.0. The molecule has 1 saturated heterocycles. The molecule has 1 aromatic carbocycles. The van der Waals surface area contributed by atoms with Crippen molar-refractivity contribution in [2.24, 2.45) is 0 Å². The summed E-state index contributed by atoms with van der Waals surface area (Å²) < 4.78 is 42.5. The molecule has 0 unspecified atom stereocenters. The number of anilines is 1. The Balaban J connectivity index is 1.90. The van der Waals surface area contributed by atoms with Crippen LogP contribution in [-0.2, 0) is 19.5 Å². The van der Waals surface area contributed by atoms with Crippen LogP contribution in [0.5, 0.6) is 5.75 Å². The molecule has 1 fully saturated rings. The fourth-order valence-electron chi connectivity index (χ4n) is 2.48. The Kier molecular flexibility index (Phi) is 4.49. The molecule has 0 bridgehead atoms. The number of ether oxygens (including phenoxy) is 3. The molecule has 23 heavy (non-hydrogen) atoms. The average Bonchev–Trinajstić information content (AvgIpc) is 3.07. The van der Waals surface area contributed by atoms with Crippen molar-refractivity contribution >= 4 is 15.7 Å². The van der Waals surface area contributed by atoms with Crippen LogP contribution in [0, 0.1) is 0 Å². The third kappa shape index (κ3) is 3.45. The molecule has 0 saturated carbocycles. The van der Waals surface area contributed by atoms with Gasteiger partial charge in [-0.05, 0) is 18.2 Å². The SMILES string of the molecule is COc1ccc(S(=O)(=O)NC2=COCO2)cc1N1CCNCC1. The molecule has 2 N–H and O–H groups in total. The second-order valence-electron chi connectivity index (χ2n) is 5.09. The number of sulfonamides is 1. The van der Waals surface area contributed by atoms with Crippen molar-refractivity contribution in [3.05, 3.63) is 30.3 Å². The molecule has 0 aliphatic carbocycles. The second kappa shape index (κ2) is 6.55. The van der Waals surface area contributed by atoms with Crippen molar-refractivity contribution in [1.82, 2.24) is 10.0 Å². The standard InChI is InChI=1S/C14H19N3O5S/c1-20-13-3-2-11(8-12(13)17-6-4-15-5-7-17)23(18,19)16-14-9-21-10-22-14/h2-3,8-9,15-16H,4-7,10H2,1H3. The predicted octanol–water partition coefficient (Wildman–Crippen LogP) is 0.186. The van der Waals surface area contributed by atoms with Crippen molar-refractivity contribution in [2.75, 3.05) is 45.0 Å². The van der Waals surface area contributed by atoms with Gasteiger partial charge >= 0.3 is 0 Å². The largest absolute Gasteiger partial charge is 0.495 e. The van der Waals surface area contributed by atoms with Gasteiger partial charge in [-0.25, -0.2) is 13.1 Å². The van der Waals surface area contributed by atoms with Gasteiger partial charge in [-0.2, -0.15) is 0 Å². The Bertz CT molecular complexity index is 698. The van der Waals surface area contributed by atoms with Crippen molar-refractivity contribution in [1.29, 1.82) is 0 Å². The second-order valence-corrected chi connectivity index (χ2v) is 6.77. The first-order valence-electron chi connectivity index (χ1n) is 7.21. The molecular formula is C14H19N3O5S. The Morgan fingerprint density at radius 2 is 2.09 bits per heavy atom. The lowest BCUT2D eigenvalue weighted by molar-refractivity contribution is 0.0777. The first kappa shape index (κ1) is 15.8. The highest BCUT2D eigenvalue weighted by Gasteiger charge is 2.22. The zero-order chi connectivity index (χ0) is 16.3. The third-order valence-electron chi connectivity index (χ3n) is 3.63. The molecule has 126 valence electrons. The molecule has 0 radical (unpaired) electrons. The quantitative estimate of drug-likeness (QED) is 0.790. The van der Waals surface area contributed by atoms with Crippen LogP contribution in [0.2, 0.25) is 0 Å². The molecule has 1 aromatic rings. The lowest BCUT2D eigenvalue weighted by Gasteiger charge is -2.30. The molecule has 2 aliphatic rings. The van der Waals surface area contributed by atoms with E-state index in [9.17, 15) is 8.42 Å². The minimum absolute atomic E-state index is 0.00644. The van der Waals surface area contributed by atoms with Gasteiger partial charge in [0.15, 0.2) is 0 Å². The predicted molar refractivity (Wildman–Crippen MR) is 83.5 cm³/mol. The summed E-state index contributed by atoms with van der Waals surface area (Å²) in [6, 6.07) is 4.78. The zero-order valence-electron chi connectivity index (χ0n) is 12.7. The van der Waals surface area contributed by atoms with E-state index in [0.29, 0.717) is 5.75 Å². The summed E-state index contributed by atoms with van der Waals surface area (Å²) in [7, 11) is -2.18. The first-order valence-corrected chi connectivity index (χ1v) is 8.69. The molecule has 9 heteroatoms. The van der Waals surface area contributed by atoms with Crippen LogP contribution in [0.4, 0.5) is 5.69 Å². The number of methoxy groups -OCH3 is 1. The number of piperazine rings is 1. The number of nitrogens with one attached hydrogen (secondary N) is 2. The van der Waals surface area contributed by atoms with Gasteiger partial charge in [-0.3, -0.25) is 0 Å². The van der Waals surface area contributed by atoms with Crippen molar-refractivity contribution in [3.8, 4) is 5.75 Å². The Morgan fingerprint density at radius 3 is 2.74 bits per heavy atom. The summed E-state index contributed by atoms with van der Waals surface area (Å²) in [4.78, 5) is 2.24. The van der Waals surface area contributed by atoms with E-state index < -0.39 is 10.0 Å². The van der Waals surface area contributed by atoms with Gasteiger partial charge in [0.2, 0.25) is 12.7 Å². The molecule has 2 aliphatic heterocycles. The minimum Gasteiger partial charge on any atom is -0.495 e. The summed E-state index contributed by atoms with van der Waals surface area (Å²) in [6.07, 6.45) is 1.23. The van der Waals surface area contributed by atoms with Crippen LogP contribution >= 0.6 is 0 Å². The highest BCUT2D eigenvalue weighted by Crippen LogP contribution is 2.31. The van der Waals surface area contributed by atoms with Crippen LogP contribution in [0.3, 0.4) is 0 Å². The maximum absolute atomic E-state index is 12.5. The summed E-state index contributed by atoms with van der Waals surface area (Å²) in [5, 5.41) is 3.26. The number of hydrogen-bond donors (Lipinski definition) is 2. The first-order chi connectivity index (χ1) is 11.1. The maximum Gasteiger partial charge on any atom is 0.264 e. The Morgan fingerprint density at radius 1 is 1.30 bits per heavy atom. The van der Waals surface area contributed by atoms with Gasteiger partial charge in [0.1, 0.15) is 12.0 Å². The van der Waals surface area contributed by atoms with E-state index in [1.165, 1.54) is 12.3 Å². The van der Waals surface area contributed by atoms with Crippen LogP contribution in [0.15, 0.2) is 35.2 Å². The molecule has 2 heterocycles. The minimum atomic E-state index is -3.75. The fraction of sp³-hybridized carbons (Fsp3) is 0.429. The molecule has 0 amide bonds. The highest BCUT2D eigenvalue weighted by molar-refractivity contribution is 7.89. The zero-order valence-corrected chi connectivity index (χ0v) is 13.6. The summed E-state index contributed by atoms with van der Waals surface area (Å²) in [5.74, 6) is 0.718. The van der Waals surface area contributed by atoms with E-state index in [-0.39, 0.29) is 17.6 Å². The molecule has 0 atom stereocenters. The van der Waals surface area contributed by atoms with E-state index in [0.717, 1.165) is 31.9 Å². The Labute approximate surface area is 135 Å². The van der Waals surface area contributed by atoms with Crippen molar-refractivity contribution < 1.29 is 22.6 Å². The maximum atomic E-state index is 12.5. The number of benzene rings is 1. The topological polar surface area (TPSA) is 89.1 Å². The molecule has 0 aromatic heterocycles.